The summed E-state index contributed by atoms with van der Waals surface area (Å²) in [7, 11) is 1.69. The fraction of sp³-hybridized carbons (Fsp3) is 0.240. The number of benzene rings is 3. The largest absolute Gasteiger partial charge is 0.497 e. The lowest BCUT2D eigenvalue weighted by Crippen LogP contribution is -2.14. The second kappa shape index (κ2) is 8.90. The number of nitrogens with one attached hydrogen (secondary N) is 1. The Labute approximate surface area is 182 Å². The molecule has 4 rings (SSSR count). The van der Waals surface area contributed by atoms with Gasteiger partial charge in [0.1, 0.15) is 5.75 Å². The van der Waals surface area contributed by atoms with Crippen molar-refractivity contribution in [1.82, 2.24) is 15.1 Å². The van der Waals surface area contributed by atoms with Crippen molar-refractivity contribution in [3.05, 3.63) is 93.8 Å². The molecule has 0 aliphatic rings. The lowest BCUT2D eigenvalue weighted by Gasteiger charge is -2.09. The van der Waals surface area contributed by atoms with Gasteiger partial charge in [-0.05, 0) is 60.0 Å². The Kier molecular flexibility index (Phi) is 6.07. The Bertz CT molecular complexity index is 1180. The van der Waals surface area contributed by atoms with E-state index in [-0.39, 0.29) is 0 Å². The Balaban J connectivity index is 1.43. The van der Waals surface area contributed by atoms with Crippen molar-refractivity contribution in [3.63, 3.8) is 0 Å². The molecule has 0 unspecified atom stereocenters. The van der Waals surface area contributed by atoms with Crippen LogP contribution in [-0.2, 0) is 19.6 Å². The number of ether oxygens (including phenoxy) is 1. The second-order valence-electron chi connectivity index (χ2n) is 7.55. The first-order valence-corrected chi connectivity index (χ1v) is 10.5. The fourth-order valence-electron chi connectivity index (χ4n) is 3.77. The van der Waals surface area contributed by atoms with Crippen LogP contribution < -0.4 is 10.1 Å². The standard InChI is InChI=1S/C25H26ClN3O/c1-17-24(18(2)29(28-17)16-22-6-4-5-7-25(22)26)15-27-14-19-8-9-21-13-23(30-3)11-10-20(21)12-19/h4-13,27H,14-16H2,1-3H3. The highest BCUT2D eigenvalue weighted by molar-refractivity contribution is 6.31. The summed E-state index contributed by atoms with van der Waals surface area (Å²) >= 11 is 6.32. The van der Waals surface area contributed by atoms with Crippen LogP contribution in [0.3, 0.4) is 0 Å². The minimum atomic E-state index is 0.681. The number of hydrogen-bond donors (Lipinski definition) is 1. The molecule has 1 aromatic heterocycles. The maximum atomic E-state index is 6.32. The molecule has 0 atom stereocenters. The number of aryl methyl sites for hydroxylation is 1. The monoisotopic (exact) mass is 419 g/mol. The Morgan fingerprint density at radius 2 is 1.73 bits per heavy atom. The molecule has 5 heteroatoms. The summed E-state index contributed by atoms with van der Waals surface area (Å²) in [5, 5.41) is 11.5. The molecule has 0 amide bonds. The van der Waals surface area contributed by atoms with Crippen LogP contribution in [0.4, 0.5) is 0 Å². The number of aromatic nitrogens is 2. The van der Waals surface area contributed by atoms with Gasteiger partial charge in [-0.15, -0.1) is 0 Å². The van der Waals surface area contributed by atoms with Gasteiger partial charge in [-0.2, -0.15) is 5.10 Å². The molecule has 0 aliphatic carbocycles. The molecule has 0 saturated carbocycles. The van der Waals surface area contributed by atoms with E-state index in [1.165, 1.54) is 27.6 Å². The predicted octanol–water partition coefficient (Wildman–Crippen LogP) is 5.65. The molecule has 0 spiro atoms. The molecule has 0 fully saturated rings. The summed E-state index contributed by atoms with van der Waals surface area (Å²) in [5.74, 6) is 0.883. The van der Waals surface area contributed by atoms with E-state index >= 15 is 0 Å². The smallest absolute Gasteiger partial charge is 0.119 e. The molecule has 4 nitrogen and oxygen atoms in total. The number of rotatable bonds is 7. The number of fused-ring (bicyclic) bond motifs is 1. The Morgan fingerprint density at radius 1 is 0.967 bits per heavy atom. The van der Waals surface area contributed by atoms with Crippen molar-refractivity contribution in [2.75, 3.05) is 7.11 Å². The summed E-state index contributed by atoms with van der Waals surface area (Å²) in [6.07, 6.45) is 0. The third kappa shape index (κ3) is 4.35. The number of hydrogen-bond acceptors (Lipinski definition) is 3. The van der Waals surface area contributed by atoms with Crippen LogP contribution in [0, 0.1) is 13.8 Å². The normalized spacial score (nSPS) is 11.2. The van der Waals surface area contributed by atoms with Crippen molar-refractivity contribution in [2.24, 2.45) is 0 Å². The highest BCUT2D eigenvalue weighted by atomic mass is 35.5. The van der Waals surface area contributed by atoms with E-state index in [2.05, 4.69) is 49.5 Å². The Hall–Kier alpha value is -2.82. The minimum absolute atomic E-state index is 0.681. The van der Waals surface area contributed by atoms with Crippen molar-refractivity contribution in [1.29, 1.82) is 0 Å². The zero-order valence-corrected chi connectivity index (χ0v) is 18.3. The summed E-state index contributed by atoms with van der Waals surface area (Å²) in [5.41, 5.74) is 5.80. The van der Waals surface area contributed by atoms with Crippen LogP contribution >= 0.6 is 11.6 Å². The first-order valence-electron chi connectivity index (χ1n) is 10.1. The van der Waals surface area contributed by atoms with E-state index in [4.69, 9.17) is 21.4 Å². The van der Waals surface area contributed by atoms with E-state index in [1.54, 1.807) is 7.11 Å². The summed E-state index contributed by atoms with van der Waals surface area (Å²) in [4.78, 5) is 0. The number of nitrogens with zero attached hydrogens (tertiary/aromatic N) is 2. The SMILES string of the molecule is COc1ccc2cc(CNCc3c(C)nn(Cc4ccccc4Cl)c3C)ccc2c1. The third-order valence-electron chi connectivity index (χ3n) is 5.55. The van der Waals surface area contributed by atoms with Crippen LogP contribution in [0.5, 0.6) is 5.75 Å². The molecular formula is C25H26ClN3O. The topological polar surface area (TPSA) is 39.1 Å². The zero-order valence-electron chi connectivity index (χ0n) is 17.6. The van der Waals surface area contributed by atoms with E-state index in [9.17, 15) is 0 Å². The second-order valence-corrected chi connectivity index (χ2v) is 7.96. The molecule has 30 heavy (non-hydrogen) atoms. The van der Waals surface area contributed by atoms with Gasteiger partial charge in [0.15, 0.2) is 0 Å². The highest BCUT2D eigenvalue weighted by Crippen LogP contribution is 2.22. The lowest BCUT2D eigenvalue weighted by atomic mass is 10.1. The highest BCUT2D eigenvalue weighted by Gasteiger charge is 2.12. The third-order valence-corrected chi connectivity index (χ3v) is 5.92. The summed E-state index contributed by atoms with van der Waals surface area (Å²) < 4.78 is 7.35. The average molecular weight is 420 g/mol. The van der Waals surface area contributed by atoms with Gasteiger partial charge in [-0.3, -0.25) is 4.68 Å². The van der Waals surface area contributed by atoms with E-state index < -0.39 is 0 Å². The number of methoxy groups -OCH3 is 1. The maximum absolute atomic E-state index is 6.32. The van der Waals surface area contributed by atoms with E-state index in [1.807, 2.05) is 35.0 Å². The van der Waals surface area contributed by atoms with Crippen molar-refractivity contribution in [3.8, 4) is 5.75 Å². The minimum Gasteiger partial charge on any atom is -0.497 e. The first-order chi connectivity index (χ1) is 14.5. The fourth-order valence-corrected chi connectivity index (χ4v) is 3.97. The summed E-state index contributed by atoms with van der Waals surface area (Å²) in [6.45, 7) is 6.45. The molecular weight excluding hydrogens is 394 g/mol. The van der Waals surface area contributed by atoms with Gasteiger partial charge in [0, 0.05) is 29.4 Å². The van der Waals surface area contributed by atoms with Gasteiger partial charge in [0.05, 0.1) is 19.3 Å². The van der Waals surface area contributed by atoms with Gasteiger partial charge in [-0.1, -0.05) is 48.0 Å². The van der Waals surface area contributed by atoms with Crippen LogP contribution in [0.15, 0.2) is 60.7 Å². The van der Waals surface area contributed by atoms with Gasteiger partial charge in [0.25, 0.3) is 0 Å². The molecule has 0 radical (unpaired) electrons. The first kappa shape index (κ1) is 20.5. The van der Waals surface area contributed by atoms with Crippen molar-refractivity contribution < 1.29 is 4.74 Å². The molecule has 4 aromatic rings. The molecule has 0 bridgehead atoms. The summed E-state index contributed by atoms with van der Waals surface area (Å²) in [6, 6.07) is 20.6. The van der Waals surface area contributed by atoms with Gasteiger partial charge in [0.2, 0.25) is 0 Å². The molecule has 1 heterocycles. The average Bonchev–Trinajstić information content (AvgIpc) is 3.02. The van der Waals surface area contributed by atoms with Crippen LogP contribution in [-0.4, -0.2) is 16.9 Å². The van der Waals surface area contributed by atoms with Crippen LogP contribution in [0.2, 0.25) is 5.02 Å². The van der Waals surface area contributed by atoms with Gasteiger partial charge in [-0.25, -0.2) is 0 Å². The molecule has 1 N–H and O–H groups in total. The number of halogens is 1. The van der Waals surface area contributed by atoms with Crippen molar-refractivity contribution >= 4 is 22.4 Å². The lowest BCUT2D eigenvalue weighted by molar-refractivity contribution is 0.415. The maximum Gasteiger partial charge on any atom is 0.119 e. The van der Waals surface area contributed by atoms with Crippen molar-refractivity contribution in [2.45, 2.75) is 33.5 Å². The van der Waals surface area contributed by atoms with Crippen LogP contribution in [0.25, 0.3) is 10.8 Å². The van der Waals surface area contributed by atoms with E-state index in [0.717, 1.165) is 35.1 Å². The molecule has 0 saturated heterocycles. The Morgan fingerprint density at radius 3 is 2.53 bits per heavy atom. The van der Waals surface area contributed by atoms with Gasteiger partial charge >= 0.3 is 0 Å². The zero-order chi connectivity index (χ0) is 21.1. The van der Waals surface area contributed by atoms with E-state index in [0.29, 0.717) is 6.54 Å². The predicted molar refractivity (Wildman–Crippen MR) is 123 cm³/mol. The molecule has 0 aliphatic heterocycles. The molecule has 3 aromatic carbocycles. The quantitative estimate of drug-likeness (QED) is 0.420. The van der Waals surface area contributed by atoms with Gasteiger partial charge < -0.3 is 10.1 Å². The van der Waals surface area contributed by atoms with Crippen LogP contribution in [0.1, 0.15) is 28.1 Å². The molecule has 154 valence electrons.